The van der Waals surface area contributed by atoms with Gasteiger partial charge in [-0.05, 0) is 12.1 Å². The second kappa shape index (κ2) is 3.27. The average molecular weight is 171 g/mol. The Kier molecular flexibility index (Phi) is 1.96. The quantitative estimate of drug-likeness (QED) is 0.608. The standard InChI is InChI=1S/C11H9NO/c13-8-9-4-1-2-6-11-10(9)5-3-7-12-11/h1-8,13H. The number of aliphatic hydroxyl groups is 1. The Morgan fingerprint density at radius 1 is 1.23 bits per heavy atom. The second-order valence-corrected chi connectivity index (χ2v) is 2.74. The van der Waals surface area contributed by atoms with E-state index in [1.54, 1.807) is 6.20 Å². The van der Waals surface area contributed by atoms with E-state index in [1.807, 2.05) is 36.4 Å². The maximum absolute atomic E-state index is 8.99. The topological polar surface area (TPSA) is 33.1 Å². The molecule has 0 unspecified atom stereocenters. The van der Waals surface area contributed by atoms with E-state index in [0.717, 1.165) is 23.1 Å². The Bertz CT molecular complexity index is 402. The van der Waals surface area contributed by atoms with Crippen LogP contribution in [-0.2, 0) is 0 Å². The van der Waals surface area contributed by atoms with Crippen LogP contribution in [-0.4, -0.2) is 10.1 Å². The molecular formula is C11H9NO. The van der Waals surface area contributed by atoms with E-state index in [1.165, 1.54) is 0 Å². The zero-order chi connectivity index (χ0) is 9.10. The molecule has 0 radical (unpaired) electrons. The Morgan fingerprint density at radius 3 is 2.92 bits per heavy atom. The van der Waals surface area contributed by atoms with Gasteiger partial charge in [0.25, 0.3) is 0 Å². The van der Waals surface area contributed by atoms with Crippen molar-refractivity contribution < 1.29 is 5.11 Å². The molecule has 2 nitrogen and oxygen atoms in total. The van der Waals surface area contributed by atoms with Crippen molar-refractivity contribution in [3.63, 3.8) is 0 Å². The smallest absolute Gasteiger partial charge is 0.0870 e. The normalized spacial score (nSPS) is 17.1. The lowest BCUT2D eigenvalue weighted by Crippen LogP contribution is -1.88. The van der Waals surface area contributed by atoms with Gasteiger partial charge < -0.3 is 5.11 Å². The van der Waals surface area contributed by atoms with Crippen molar-refractivity contribution in [2.24, 2.45) is 0 Å². The molecule has 1 heterocycles. The molecule has 1 N–H and O–H groups in total. The van der Waals surface area contributed by atoms with Gasteiger partial charge in [0, 0.05) is 17.3 Å². The SMILES string of the molecule is OC=C1C=CC=Cc2ncccc21. The van der Waals surface area contributed by atoms with Crippen LogP contribution < -0.4 is 0 Å². The minimum atomic E-state index is 0.785. The Balaban J connectivity index is 2.64. The highest BCUT2D eigenvalue weighted by atomic mass is 16.2. The molecule has 0 amide bonds. The highest BCUT2D eigenvalue weighted by Gasteiger charge is 2.05. The monoisotopic (exact) mass is 171 g/mol. The van der Waals surface area contributed by atoms with Gasteiger partial charge in [-0.1, -0.05) is 24.3 Å². The fraction of sp³-hybridized carbons (Fsp3) is 0. The zero-order valence-corrected chi connectivity index (χ0v) is 7.01. The van der Waals surface area contributed by atoms with E-state index < -0.39 is 0 Å². The average Bonchev–Trinajstić information content (AvgIpc) is 2.39. The third kappa shape index (κ3) is 1.38. The molecule has 1 aromatic heterocycles. The summed E-state index contributed by atoms with van der Waals surface area (Å²) in [7, 11) is 0. The van der Waals surface area contributed by atoms with Crippen LogP contribution in [0.4, 0.5) is 0 Å². The molecule has 64 valence electrons. The summed E-state index contributed by atoms with van der Waals surface area (Å²) < 4.78 is 0. The molecule has 0 aromatic carbocycles. The highest BCUT2D eigenvalue weighted by Crippen LogP contribution is 2.21. The summed E-state index contributed by atoms with van der Waals surface area (Å²) in [6.45, 7) is 0. The number of rotatable bonds is 0. The van der Waals surface area contributed by atoms with Gasteiger partial charge in [-0.25, -0.2) is 0 Å². The van der Waals surface area contributed by atoms with Crippen LogP contribution in [0.25, 0.3) is 11.6 Å². The first-order valence-electron chi connectivity index (χ1n) is 4.06. The van der Waals surface area contributed by atoms with Gasteiger partial charge in [0.15, 0.2) is 0 Å². The predicted octanol–water partition coefficient (Wildman–Crippen LogP) is 2.56. The van der Waals surface area contributed by atoms with Crippen LogP contribution in [0.5, 0.6) is 0 Å². The van der Waals surface area contributed by atoms with E-state index in [2.05, 4.69) is 4.98 Å². The molecule has 0 saturated carbocycles. The number of hydrogen-bond acceptors (Lipinski definition) is 2. The minimum Gasteiger partial charge on any atom is -0.515 e. The van der Waals surface area contributed by atoms with Gasteiger partial charge in [-0.15, -0.1) is 0 Å². The number of aromatic nitrogens is 1. The fourth-order valence-corrected chi connectivity index (χ4v) is 1.30. The van der Waals surface area contributed by atoms with E-state index in [4.69, 9.17) is 5.11 Å². The molecule has 1 aliphatic carbocycles. The van der Waals surface area contributed by atoms with Crippen molar-refractivity contribution >= 4 is 11.6 Å². The van der Waals surface area contributed by atoms with Gasteiger partial charge in [0.2, 0.25) is 0 Å². The van der Waals surface area contributed by atoms with Gasteiger partial charge >= 0.3 is 0 Å². The number of fused-ring (bicyclic) bond motifs is 1. The van der Waals surface area contributed by atoms with Crippen LogP contribution in [0.2, 0.25) is 0 Å². The first kappa shape index (κ1) is 7.80. The number of pyridine rings is 1. The van der Waals surface area contributed by atoms with Crippen LogP contribution in [0.15, 0.2) is 42.8 Å². The molecule has 0 bridgehead atoms. The van der Waals surface area contributed by atoms with Crippen molar-refractivity contribution in [2.45, 2.75) is 0 Å². The molecule has 0 spiro atoms. The Morgan fingerprint density at radius 2 is 2.08 bits per heavy atom. The first-order valence-corrected chi connectivity index (χ1v) is 4.06. The van der Waals surface area contributed by atoms with Gasteiger partial charge in [0.05, 0.1) is 12.0 Å². The summed E-state index contributed by atoms with van der Waals surface area (Å²) in [6, 6.07) is 3.79. The molecule has 0 saturated heterocycles. The van der Waals surface area contributed by atoms with E-state index >= 15 is 0 Å². The molecule has 2 heteroatoms. The second-order valence-electron chi connectivity index (χ2n) is 2.74. The largest absolute Gasteiger partial charge is 0.515 e. The minimum absolute atomic E-state index is 0.785. The summed E-state index contributed by atoms with van der Waals surface area (Å²) in [5, 5.41) is 8.99. The third-order valence-electron chi connectivity index (χ3n) is 1.93. The zero-order valence-electron chi connectivity index (χ0n) is 7.01. The number of allylic oxidation sites excluding steroid dienone is 4. The maximum Gasteiger partial charge on any atom is 0.0870 e. The molecule has 0 aliphatic heterocycles. The molecule has 0 atom stereocenters. The summed E-state index contributed by atoms with van der Waals surface area (Å²) in [5.41, 5.74) is 2.62. The number of aliphatic hydroxyl groups excluding tert-OH is 1. The van der Waals surface area contributed by atoms with Crippen LogP contribution in [0.3, 0.4) is 0 Å². The lowest BCUT2D eigenvalue weighted by molar-refractivity contribution is 0.476. The van der Waals surface area contributed by atoms with E-state index in [9.17, 15) is 0 Å². The summed E-state index contributed by atoms with van der Waals surface area (Å²) in [5.74, 6) is 0. The molecule has 0 fully saturated rings. The molecule has 1 aromatic rings. The van der Waals surface area contributed by atoms with Crippen LogP contribution in [0.1, 0.15) is 11.3 Å². The Hall–Kier alpha value is -1.83. The lowest BCUT2D eigenvalue weighted by Gasteiger charge is -2.02. The molecule has 1 aliphatic rings. The number of hydrogen-bond donors (Lipinski definition) is 1. The van der Waals surface area contributed by atoms with Gasteiger partial charge in [0.1, 0.15) is 0 Å². The van der Waals surface area contributed by atoms with E-state index in [-0.39, 0.29) is 0 Å². The number of nitrogens with zero attached hydrogens (tertiary/aromatic N) is 1. The lowest BCUT2D eigenvalue weighted by atomic mass is 10.1. The molecule has 13 heavy (non-hydrogen) atoms. The summed E-state index contributed by atoms with van der Waals surface area (Å²) >= 11 is 0. The van der Waals surface area contributed by atoms with Gasteiger partial charge in [-0.2, -0.15) is 0 Å². The predicted molar refractivity (Wildman–Crippen MR) is 53.0 cm³/mol. The Labute approximate surface area is 76.6 Å². The molecular weight excluding hydrogens is 162 g/mol. The van der Waals surface area contributed by atoms with Crippen molar-refractivity contribution in [3.8, 4) is 0 Å². The van der Waals surface area contributed by atoms with Crippen LogP contribution in [0, 0.1) is 0 Å². The third-order valence-corrected chi connectivity index (χ3v) is 1.93. The van der Waals surface area contributed by atoms with E-state index in [0.29, 0.717) is 0 Å². The van der Waals surface area contributed by atoms with Crippen molar-refractivity contribution in [3.05, 3.63) is 54.1 Å². The maximum atomic E-state index is 8.99. The summed E-state index contributed by atoms with van der Waals surface area (Å²) in [6.07, 6.45) is 10.4. The van der Waals surface area contributed by atoms with Crippen molar-refractivity contribution in [2.75, 3.05) is 0 Å². The first-order chi connectivity index (χ1) is 6.42. The molecule has 2 rings (SSSR count). The summed E-state index contributed by atoms with van der Waals surface area (Å²) in [4.78, 5) is 4.20. The van der Waals surface area contributed by atoms with Crippen molar-refractivity contribution in [1.29, 1.82) is 0 Å². The highest BCUT2D eigenvalue weighted by molar-refractivity contribution is 5.80. The van der Waals surface area contributed by atoms with Crippen LogP contribution >= 0.6 is 0 Å². The van der Waals surface area contributed by atoms with Gasteiger partial charge in [-0.3, -0.25) is 4.98 Å². The fourth-order valence-electron chi connectivity index (χ4n) is 1.30. The van der Waals surface area contributed by atoms with Crippen molar-refractivity contribution in [1.82, 2.24) is 4.98 Å².